The Labute approximate surface area is 112 Å². The summed E-state index contributed by atoms with van der Waals surface area (Å²) < 4.78 is 0. The van der Waals surface area contributed by atoms with Crippen LogP contribution in [0.5, 0.6) is 0 Å². The minimum atomic E-state index is -0.644. The third kappa shape index (κ3) is 2.82. The van der Waals surface area contributed by atoms with Gasteiger partial charge in [0, 0.05) is 12.2 Å². The average molecular weight is 256 g/mol. The summed E-state index contributed by atoms with van der Waals surface area (Å²) in [7, 11) is 0. The Kier molecular flexibility index (Phi) is 3.96. The maximum Gasteiger partial charge on any atom is 0.237 e. The van der Waals surface area contributed by atoms with Crippen LogP contribution < -0.4 is 4.90 Å². The highest BCUT2D eigenvalue weighted by Gasteiger charge is 2.34. The van der Waals surface area contributed by atoms with Gasteiger partial charge in [-0.15, -0.1) is 0 Å². The summed E-state index contributed by atoms with van der Waals surface area (Å²) in [5.74, 6) is -1.07. The fourth-order valence-corrected chi connectivity index (χ4v) is 2.36. The van der Waals surface area contributed by atoms with Crippen molar-refractivity contribution < 1.29 is 9.59 Å². The minimum Gasteiger partial charge on any atom is -0.312 e. The van der Waals surface area contributed by atoms with Crippen LogP contribution in [-0.2, 0) is 9.59 Å². The molecule has 1 fully saturated rings. The van der Waals surface area contributed by atoms with E-state index in [2.05, 4.69) is 0 Å². The zero-order valence-corrected chi connectivity index (χ0v) is 10.9. The second-order valence-electron chi connectivity index (χ2n) is 4.82. The van der Waals surface area contributed by atoms with E-state index >= 15 is 0 Å². The van der Waals surface area contributed by atoms with Gasteiger partial charge in [-0.25, -0.2) is 0 Å². The van der Waals surface area contributed by atoms with Gasteiger partial charge in [-0.1, -0.05) is 17.7 Å². The first-order valence-corrected chi connectivity index (χ1v) is 6.41. The zero-order valence-electron chi connectivity index (χ0n) is 10.9. The highest BCUT2D eigenvalue weighted by atomic mass is 16.2. The molecular formula is C15H16N2O2. The van der Waals surface area contributed by atoms with Crippen LogP contribution in [0.25, 0.3) is 0 Å². The van der Waals surface area contributed by atoms with Gasteiger partial charge in [-0.05, 0) is 31.9 Å². The zero-order chi connectivity index (χ0) is 13.8. The number of nitriles is 1. The average Bonchev–Trinajstić information content (AvgIpc) is 2.40. The molecule has 0 spiro atoms. The van der Waals surface area contributed by atoms with Gasteiger partial charge in [0.2, 0.25) is 5.91 Å². The molecule has 98 valence electrons. The molecule has 0 aromatic heterocycles. The van der Waals surface area contributed by atoms with Crippen molar-refractivity contribution in [1.82, 2.24) is 0 Å². The largest absolute Gasteiger partial charge is 0.312 e. The standard InChI is InChI=1S/C15H16N2O2/c1-11-4-6-12(7-5-11)17-10-2-3-13(15(17)19)14(18)8-9-16/h4-7,13H,2-3,8,10H2,1H3. The molecule has 19 heavy (non-hydrogen) atoms. The molecule has 1 saturated heterocycles. The molecule has 1 aliphatic rings. The van der Waals surface area contributed by atoms with E-state index in [9.17, 15) is 9.59 Å². The van der Waals surface area contributed by atoms with Gasteiger partial charge in [-0.3, -0.25) is 9.59 Å². The van der Waals surface area contributed by atoms with Crippen molar-refractivity contribution in [3.8, 4) is 6.07 Å². The Morgan fingerprint density at radius 2 is 2.11 bits per heavy atom. The van der Waals surface area contributed by atoms with Crippen molar-refractivity contribution in [1.29, 1.82) is 5.26 Å². The molecule has 2 rings (SSSR count). The lowest BCUT2D eigenvalue weighted by molar-refractivity contribution is -0.133. The van der Waals surface area contributed by atoms with E-state index in [4.69, 9.17) is 5.26 Å². The van der Waals surface area contributed by atoms with E-state index in [1.54, 1.807) is 4.90 Å². The number of anilines is 1. The normalized spacial score (nSPS) is 19.1. The summed E-state index contributed by atoms with van der Waals surface area (Å²) >= 11 is 0. The number of rotatable bonds is 3. The number of carbonyl (C=O) groups is 2. The summed E-state index contributed by atoms with van der Waals surface area (Å²) in [6, 6.07) is 9.51. The minimum absolute atomic E-state index is 0.171. The molecule has 1 aliphatic heterocycles. The van der Waals surface area contributed by atoms with Crippen LogP contribution >= 0.6 is 0 Å². The third-order valence-corrected chi connectivity index (χ3v) is 3.43. The number of ketones is 1. The maximum absolute atomic E-state index is 12.3. The molecule has 1 unspecified atom stereocenters. The van der Waals surface area contributed by atoms with E-state index in [0.29, 0.717) is 13.0 Å². The number of benzene rings is 1. The highest BCUT2D eigenvalue weighted by molar-refractivity contribution is 6.09. The molecule has 1 amide bonds. The number of Topliss-reactive ketones (excluding diaryl/α,β-unsaturated/α-hetero) is 1. The number of nitrogens with zero attached hydrogens (tertiary/aromatic N) is 2. The SMILES string of the molecule is Cc1ccc(N2CCCC(C(=O)CC#N)C2=O)cc1. The molecule has 1 atom stereocenters. The van der Waals surface area contributed by atoms with Crippen molar-refractivity contribution in [2.24, 2.45) is 5.92 Å². The molecule has 1 heterocycles. The number of hydrogen-bond acceptors (Lipinski definition) is 3. The van der Waals surface area contributed by atoms with Crippen molar-refractivity contribution in [2.45, 2.75) is 26.2 Å². The molecule has 0 saturated carbocycles. The van der Waals surface area contributed by atoms with Crippen molar-refractivity contribution in [3.05, 3.63) is 29.8 Å². The van der Waals surface area contributed by atoms with Crippen LogP contribution in [-0.4, -0.2) is 18.2 Å². The monoisotopic (exact) mass is 256 g/mol. The van der Waals surface area contributed by atoms with E-state index in [-0.39, 0.29) is 18.1 Å². The number of amides is 1. The van der Waals surface area contributed by atoms with Crippen LogP contribution in [0.15, 0.2) is 24.3 Å². The Bertz CT molecular complexity index is 528. The number of carbonyl (C=O) groups excluding carboxylic acids is 2. The van der Waals surface area contributed by atoms with Gasteiger partial charge in [0.1, 0.15) is 0 Å². The second-order valence-corrected chi connectivity index (χ2v) is 4.82. The van der Waals surface area contributed by atoms with Gasteiger partial charge in [0.15, 0.2) is 5.78 Å². The Morgan fingerprint density at radius 3 is 2.74 bits per heavy atom. The quantitative estimate of drug-likeness (QED) is 0.779. The lowest BCUT2D eigenvalue weighted by Gasteiger charge is -2.31. The highest BCUT2D eigenvalue weighted by Crippen LogP contribution is 2.25. The van der Waals surface area contributed by atoms with Gasteiger partial charge in [-0.2, -0.15) is 5.26 Å². The van der Waals surface area contributed by atoms with E-state index in [0.717, 1.165) is 17.7 Å². The number of aryl methyl sites for hydroxylation is 1. The van der Waals surface area contributed by atoms with Gasteiger partial charge < -0.3 is 4.90 Å². The predicted molar refractivity (Wildman–Crippen MR) is 71.5 cm³/mol. The molecule has 0 radical (unpaired) electrons. The fraction of sp³-hybridized carbons (Fsp3) is 0.400. The van der Waals surface area contributed by atoms with Gasteiger partial charge in [0.05, 0.1) is 18.4 Å². The third-order valence-electron chi connectivity index (χ3n) is 3.43. The summed E-state index contributed by atoms with van der Waals surface area (Å²) in [6.07, 6.45) is 1.17. The van der Waals surface area contributed by atoms with Crippen LogP contribution in [0.4, 0.5) is 5.69 Å². The van der Waals surface area contributed by atoms with Crippen molar-refractivity contribution in [2.75, 3.05) is 11.4 Å². The topological polar surface area (TPSA) is 61.2 Å². The second kappa shape index (κ2) is 5.66. The first kappa shape index (κ1) is 13.3. The summed E-state index contributed by atoms with van der Waals surface area (Å²) in [4.78, 5) is 25.7. The van der Waals surface area contributed by atoms with Crippen LogP contribution in [0.2, 0.25) is 0 Å². The summed E-state index contributed by atoms with van der Waals surface area (Å²) in [5.41, 5.74) is 1.95. The smallest absolute Gasteiger partial charge is 0.237 e. The van der Waals surface area contributed by atoms with Gasteiger partial charge >= 0.3 is 0 Å². The van der Waals surface area contributed by atoms with Gasteiger partial charge in [0.25, 0.3) is 0 Å². The van der Waals surface area contributed by atoms with E-state index in [1.165, 1.54) is 0 Å². The lowest BCUT2D eigenvalue weighted by atomic mass is 9.91. The maximum atomic E-state index is 12.3. The van der Waals surface area contributed by atoms with Crippen LogP contribution in [0.1, 0.15) is 24.8 Å². The summed E-state index contributed by atoms with van der Waals surface area (Å²) in [5, 5.41) is 8.57. The Morgan fingerprint density at radius 1 is 1.42 bits per heavy atom. The molecule has 4 heteroatoms. The summed E-state index contributed by atoms with van der Waals surface area (Å²) in [6.45, 7) is 2.62. The Hall–Kier alpha value is -2.15. The number of hydrogen-bond donors (Lipinski definition) is 0. The first-order valence-electron chi connectivity index (χ1n) is 6.41. The molecule has 0 N–H and O–H groups in total. The van der Waals surface area contributed by atoms with E-state index in [1.807, 2.05) is 37.3 Å². The van der Waals surface area contributed by atoms with E-state index < -0.39 is 5.92 Å². The molecule has 4 nitrogen and oxygen atoms in total. The molecule has 1 aromatic carbocycles. The Balaban J connectivity index is 2.19. The lowest BCUT2D eigenvalue weighted by Crippen LogP contribution is -2.44. The van der Waals surface area contributed by atoms with Crippen molar-refractivity contribution >= 4 is 17.4 Å². The number of piperidine rings is 1. The first-order chi connectivity index (χ1) is 9.13. The van der Waals surface area contributed by atoms with Crippen molar-refractivity contribution in [3.63, 3.8) is 0 Å². The molecule has 0 aliphatic carbocycles. The predicted octanol–water partition coefficient (Wildman–Crippen LogP) is 2.22. The fourth-order valence-electron chi connectivity index (χ4n) is 2.36. The molecule has 0 bridgehead atoms. The van der Waals surface area contributed by atoms with Crippen LogP contribution in [0, 0.1) is 24.2 Å². The molecular weight excluding hydrogens is 240 g/mol. The van der Waals surface area contributed by atoms with Crippen LogP contribution in [0.3, 0.4) is 0 Å². The molecule has 1 aromatic rings.